The van der Waals surface area contributed by atoms with Gasteiger partial charge in [0.15, 0.2) is 5.65 Å². The van der Waals surface area contributed by atoms with Crippen molar-refractivity contribution in [3.05, 3.63) is 95.7 Å². The number of rotatable bonds is 7. The molecule has 0 radical (unpaired) electrons. The highest BCUT2D eigenvalue weighted by Crippen LogP contribution is 2.18. The Kier molecular flexibility index (Phi) is 6.41. The number of fused-ring (bicyclic) bond motifs is 1. The van der Waals surface area contributed by atoms with Crippen molar-refractivity contribution < 1.29 is 14.3 Å². The lowest BCUT2D eigenvalue weighted by Crippen LogP contribution is -2.32. The fourth-order valence-corrected chi connectivity index (χ4v) is 3.28. The first-order valence-electron chi connectivity index (χ1n) is 10.2. The van der Waals surface area contributed by atoms with Crippen molar-refractivity contribution in [1.29, 1.82) is 0 Å². The number of anilines is 1. The molecule has 1 atom stereocenters. The molecule has 2 N–H and O–H groups in total. The molecule has 2 aromatic heterocycles. The van der Waals surface area contributed by atoms with Crippen LogP contribution in [0.1, 0.15) is 29.2 Å². The smallest absolute Gasteiger partial charge is 0.407 e. The molecule has 8 nitrogen and oxygen atoms in total. The van der Waals surface area contributed by atoms with Gasteiger partial charge in [0, 0.05) is 6.20 Å². The summed E-state index contributed by atoms with van der Waals surface area (Å²) in [4.78, 5) is 25.2. The normalized spacial score (nSPS) is 11.7. The maximum atomic E-state index is 12.8. The second-order valence-electron chi connectivity index (χ2n) is 7.38. The number of pyridine rings is 1. The Morgan fingerprint density at radius 1 is 1.00 bits per heavy atom. The topological polar surface area (TPSA) is 97.6 Å². The minimum atomic E-state index is -0.598. The van der Waals surface area contributed by atoms with Gasteiger partial charge in [0.1, 0.15) is 6.61 Å². The first-order chi connectivity index (χ1) is 15.6. The van der Waals surface area contributed by atoms with E-state index < -0.39 is 12.1 Å². The number of aromatic nitrogens is 3. The predicted octanol–water partition coefficient (Wildman–Crippen LogP) is 4.03. The fourth-order valence-electron chi connectivity index (χ4n) is 3.28. The third-order valence-corrected chi connectivity index (χ3v) is 4.91. The monoisotopic (exact) mass is 429 g/mol. The van der Waals surface area contributed by atoms with Crippen LogP contribution in [0.5, 0.6) is 0 Å². The maximum Gasteiger partial charge on any atom is 0.407 e. The molecule has 0 bridgehead atoms. The van der Waals surface area contributed by atoms with Crippen LogP contribution >= 0.6 is 0 Å². The number of hydrogen-bond acceptors (Lipinski definition) is 5. The van der Waals surface area contributed by atoms with E-state index in [1.54, 1.807) is 10.6 Å². The van der Waals surface area contributed by atoms with E-state index in [9.17, 15) is 9.59 Å². The summed E-state index contributed by atoms with van der Waals surface area (Å²) in [6.45, 7) is 2.10. The summed E-state index contributed by atoms with van der Waals surface area (Å²) in [7, 11) is 0. The zero-order chi connectivity index (χ0) is 22.3. The first kappa shape index (κ1) is 21.0. The quantitative estimate of drug-likeness (QED) is 0.462. The van der Waals surface area contributed by atoms with E-state index in [2.05, 4.69) is 20.8 Å². The van der Waals surface area contributed by atoms with Gasteiger partial charge in [-0.15, -0.1) is 10.2 Å². The van der Waals surface area contributed by atoms with Crippen molar-refractivity contribution in [2.24, 2.45) is 0 Å². The molecule has 0 aliphatic heterocycles. The number of amides is 2. The summed E-state index contributed by atoms with van der Waals surface area (Å²) in [5.41, 5.74) is 3.36. The Morgan fingerprint density at radius 2 is 1.72 bits per heavy atom. The van der Waals surface area contributed by atoms with Crippen LogP contribution in [-0.2, 0) is 16.1 Å². The predicted molar refractivity (Wildman–Crippen MR) is 120 cm³/mol. The average Bonchev–Trinajstić information content (AvgIpc) is 3.20. The SMILES string of the molecule is Cc1ccn2c(NC(=O)CC(NC(=O)OCc3ccccc3)c3ccccc3)nnc2c1. The van der Waals surface area contributed by atoms with Gasteiger partial charge >= 0.3 is 6.09 Å². The van der Waals surface area contributed by atoms with Gasteiger partial charge in [-0.05, 0) is 35.7 Å². The maximum absolute atomic E-state index is 12.8. The molecule has 0 spiro atoms. The van der Waals surface area contributed by atoms with E-state index in [0.717, 1.165) is 16.7 Å². The van der Waals surface area contributed by atoms with E-state index in [1.165, 1.54) is 0 Å². The molecule has 0 aliphatic rings. The number of nitrogens with one attached hydrogen (secondary N) is 2. The van der Waals surface area contributed by atoms with Crippen molar-refractivity contribution in [2.45, 2.75) is 26.0 Å². The molecule has 162 valence electrons. The molecule has 32 heavy (non-hydrogen) atoms. The molecule has 0 aliphatic carbocycles. The molecule has 0 saturated carbocycles. The molecule has 2 amide bonds. The minimum absolute atomic E-state index is 0.00518. The number of benzene rings is 2. The van der Waals surface area contributed by atoms with Crippen LogP contribution in [0.3, 0.4) is 0 Å². The number of carbonyl (C=O) groups is 2. The van der Waals surface area contributed by atoms with Gasteiger partial charge < -0.3 is 10.1 Å². The Hall–Kier alpha value is -4.20. The van der Waals surface area contributed by atoms with Gasteiger partial charge in [0.05, 0.1) is 12.5 Å². The van der Waals surface area contributed by atoms with Crippen LogP contribution in [-0.4, -0.2) is 26.6 Å². The van der Waals surface area contributed by atoms with Gasteiger partial charge in [0.25, 0.3) is 0 Å². The number of aryl methyl sites for hydroxylation is 1. The standard InChI is InChI=1S/C24H23N5O3/c1-17-12-13-29-21(14-17)27-28-23(29)26-22(30)15-20(19-10-6-3-7-11-19)25-24(31)32-16-18-8-4-2-5-9-18/h2-14,20H,15-16H2,1H3,(H,25,31)(H,26,28,30). The molecule has 1 unspecified atom stereocenters. The highest BCUT2D eigenvalue weighted by Gasteiger charge is 2.20. The van der Waals surface area contributed by atoms with Gasteiger partial charge in [-0.25, -0.2) is 4.79 Å². The Balaban J connectivity index is 1.43. The number of ether oxygens (including phenoxy) is 1. The molecule has 2 heterocycles. The van der Waals surface area contributed by atoms with Gasteiger partial charge in [-0.3, -0.25) is 14.5 Å². The third-order valence-electron chi connectivity index (χ3n) is 4.91. The Morgan fingerprint density at radius 3 is 2.47 bits per heavy atom. The van der Waals surface area contributed by atoms with E-state index in [1.807, 2.05) is 79.7 Å². The van der Waals surface area contributed by atoms with Crippen LogP contribution in [0.15, 0.2) is 79.0 Å². The van der Waals surface area contributed by atoms with Crippen LogP contribution < -0.4 is 10.6 Å². The second-order valence-corrected chi connectivity index (χ2v) is 7.38. The van der Waals surface area contributed by atoms with Crippen LogP contribution in [0, 0.1) is 6.92 Å². The second kappa shape index (κ2) is 9.74. The number of carbonyl (C=O) groups excluding carboxylic acids is 2. The summed E-state index contributed by atoms with van der Waals surface area (Å²) in [6.07, 6.45) is 1.21. The van der Waals surface area contributed by atoms with Crippen molar-refractivity contribution in [2.75, 3.05) is 5.32 Å². The molecular weight excluding hydrogens is 406 g/mol. The van der Waals surface area contributed by atoms with Gasteiger partial charge in [-0.1, -0.05) is 60.7 Å². The number of hydrogen-bond donors (Lipinski definition) is 2. The van der Waals surface area contributed by atoms with Crippen LogP contribution in [0.25, 0.3) is 5.65 Å². The van der Waals surface area contributed by atoms with Crippen LogP contribution in [0.4, 0.5) is 10.7 Å². The van der Waals surface area contributed by atoms with E-state index in [4.69, 9.17) is 4.74 Å². The summed E-state index contributed by atoms with van der Waals surface area (Å²) in [5.74, 6) is 0.0144. The van der Waals surface area contributed by atoms with Crippen molar-refractivity contribution in [3.63, 3.8) is 0 Å². The average molecular weight is 429 g/mol. The molecule has 2 aromatic carbocycles. The Labute approximate surface area is 185 Å². The Bertz CT molecular complexity index is 1210. The zero-order valence-corrected chi connectivity index (χ0v) is 17.6. The molecule has 4 rings (SSSR count). The lowest BCUT2D eigenvalue weighted by molar-refractivity contribution is -0.116. The summed E-state index contributed by atoms with van der Waals surface area (Å²) in [5, 5.41) is 13.7. The highest BCUT2D eigenvalue weighted by molar-refractivity contribution is 5.90. The lowest BCUT2D eigenvalue weighted by atomic mass is 10.0. The van der Waals surface area contributed by atoms with Crippen molar-refractivity contribution in [1.82, 2.24) is 19.9 Å². The van der Waals surface area contributed by atoms with Gasteiger partial charge in [0.2, 0.25) is 11.9 Å². The zero-order valence-electron chi connectivity index (χ0n) is 17.6. The third kappa shape index (κ3) is 5.28. The molecule has 8 heteroatoms. The summed E-state index contributed by atoms with van der Waals surface area (Å²) < 4.78 is 7.03. The molecular formula is C24H23N5O3. The van der Waals surface area contributed by atoms with Crippen molar-refractivity contribution >= 4 is 23.6 Å². The lowest BCUT2D eigenvalue weighted by Gasteiger charge is -2.18. The van der Waals surface area contributed by atoms with E-state index in [-0.39, 0.29) is 18.9 Å². The van der Waals surface area contributed by atoms with E-state index >= 15 is 0 Å². The number of nitrogens with zero attached hydrogens (tertiary/aromatic N) is 3. The molecule has 0 saturated heterocycles. The summed E-state index contributed by atoms with van der Waals surface area (Å²) in [6, 6.07) is 21.9. The highest BCUT2D eigenvalue weighted by atomic mass is 16.5. The van der Waals surface area contributed by atoms with E-state index in [0.29, 0.717) is 11.6 Å². The first-order valence-corrected chi connectivity index (χ1v) is 10.2. The van der Waals surface area contributed by atoms with Gasteiger partial charge in [-0.2, -0.15) is 0 Å². The number of alkyl carbamates (subject to hydrolysis) is 1. The minimum Gasteiger partial charge on any atom is -0.445 e. The largest absolute Gasteiger partial charge is 0.445 e. The molecule has 0 fully saturated rings. The molecule has 4 aromatic rings. The van der Waals surface area contributed by atoms with Crippen LogP contribution in [0.2, 0.25) is 0 Å². The summed E-state index contributed by atoms with van der Waals surface area (Å²) >= 11 is 0. The van der Waals surface area contributed by atoms with Crippen molar-refractivity contribution in [3.8, 4) is 0 Å². The fraction of sp³-hybridized carbons (Fsp3) is 0.167.